The normalized spacial score (nSPS) is 10.8. The molecule has 0 saturated heterocycles. The van der Waals surface area contributed by atoms with E-state index in [1.165, 1.54) is 0 Å². The second-order valence-electron chi connectivity index (χ2n) is 2.33. The Kier molecular flexibility index (Phi) is 2.62. The van der Waals surface area contributed by atoms with Gasteiger partial charge in [-0.15, -0.1) is 0 Å². The number of aromatic nitrogens is 1. The quantitative estimate of drug-likeness (QED) is 0.800. The molecule has 0 aliphatic heterocycles. The van der Waals surface area contributed by atoms with E-state index in [4.69, 9.17) is 0 Å². The van der Waals surface area contributed by atoms with Gasteiger partial charge in [-0.1, -0.05) is 0 Å². The zero-order chi connectivity index (χ0) is 9.30. The molecule has 1 aromatic rings. The molecule has 1 rings (SSSR count). The van der Waals surface area contributed by atoms with Gasteiger partial charge in [0.05, 0.1) is 0 Å². The van der Waals surface area contributed by atoms with Crippen LogP contribution < -0.4 is 5.56 Å². The van der Waals surface area contributed by atoms with Crippen LogP contribution in [0.4, 0.5) is 8.78 Å². The summed E-state index contributed by atoms with van der Waals surface area (Å²) in [7, 11) is 0. The molecule has 0 bridgehead atoms. The Balaban J connectivity index is 3.38. The van der Waals surface area contributed by atoms with Crippen molar-refractivity contribution in [2.75, 3.05) is 0 Å². The van der Waals surface area contributed by atoms with Gasteiger partial charge in [-0.05, 0) is 22.9 Å². The Morgan fingerprint density at radius 2 is 2.17 bits per heavy atom. The van der Waals surface area contributed by atoms with Crippen molar-refractivity contribution in [3.8, 4) is 0 Å². The third-order valence-electron chi connectivity index (χ3n) is 1.42. The largest absolute Gasteiger partial charge is 0.325 e. The van der Waals surface area contributed by atoms with Crippen LogP contribution in [0.2, 0.25) is 0 Å². The van der Waals surface area contributed by atoms with Crippen LogP contribution in [0.1, 0.15) is 17.7 Å². The highest BCUT2D eigenvalue weighted by atomic mass is 79.9. The molecule has 5 heteroatoms. The molecule has 0 fully saturated rings. The number of rotatable bonds is 1. The van der Waals surface area contributed by atoms with Crippen molar-refractivity contribution < 1.29 is 8.78 Å². The van der Waals surface area contributed by atoms with Crippen LogP contribution in [0.25, 0.3) is 0 Å². The molecule has 12 heavy (non-hydrogen) atoms. The summed E-state index contributed by atoms with van der Waals surface area (Å²) in [5.74, 6) is 0. The summed E-state index contributed by atoms with van der Waals surface area (Å²) >= 11 is 2.96. The van der Waals surface area contributed by atoms with Crippen LogP contribution in [-0.2, 0) is 0 Å². The molecule has 0 aliphatic carbocycles. The maximum absolute atomic E-state index is 12.2. The van der Waals surface area contributed by atoms with Gasteiger partial charge < -0.3 is 4.98 Å². The molecule has 0 amide bonds. The summed E-state index contributed by atoms with van der Waals surface area (Å²) in [6.07, 6.45) is -2.62. The SMILES string of the molecule is Cc1[nH]c(=O)cc(C(F)F)c1Br. The van der Waals surface area contributed by atoms with Crippen molar-refractivity contribution in [2.45, 2.75) is 13.3 Å². The molecule has 0 unspecified atom stereocenters. The fourth-order valence-electron chi connectivity index (χ4n) is 0.856. The second kappa shape index (κ2) is 3.35. The summed E-state index contributed by atoms with van der Waals surface area (Å²) in [6, 6.07) is 0.891. The number of aromatic amines is 1. The fourth-order valence-corrected chi connectivity index (χ4v) is 1.24. The standard InChI is InChI=1S/C7H6BrF2NO/c1-3-6(8)4(7(9)10)2-5(12)11-3/h2,7H,1H3,(H,11,12). The van der Waals surface area contributed by atoms with E-state index in [1.54, 1.807) is 6.92 Å². The number of aryl methyl sites for hydroxylation is 1. The van der Waals surface area contributed by atoms with Crippen molar-refractivity contribution >= 4 is 15.9 Å². The molecule has 2 nitrogen and oxygen atoms in total. The van der Waals surface area contributed by atoms with Crippen LogP contribution in [-0.4, -0.2) is 4.98 Å². The lowest BCUT2D eigenvalue weighted by Gasteiger charge is -2.04. The van der Waals surface area contributed by atoms with E-state index < -0.39 is 12.0 Å². The second-order valence-corrected chi connectivity index (χ2v) is 3.12. The first-order chi connectivity index (χ1) is 5.52. The van der Waals surface area contributed by atoms with E-state index in [0.29, 0.717) is 5.69 Å². The van der Waals surface area contributed by atoms with E-state index >= 15 is 0 Å². The van der Waals surface area contributed by atoms with Crippen LogP contribution in [0.3, 0.4) is 0 Å². The Morgan fingerprint density at radius 3 is 2.67 bits per heavy atom. The van der Waals surface area contributed by atoms with Crippen LogP contribution in [0.15, 0.2) is 15.3 Å². The number of H-pyrrole nitrogens is 1. The molecule has 1 heterocycles. The van der Waals surface area contributed by atoms with Gasteiger partial charge in [0.25, 0.3) is 6.43 Å². The van der Waals surface area contributed by atoms with Crippen molar-refractivity contribution in [2.24, 2.45) is 0 Å². The Morgan fingerprint density at radius 1 is 1.58 bits per heavy atom. The molecule has 1 aromatic heterocycles. The van der Waals surface area contributed by atoms with Crippen molar-refractivity contribution in [1.82, 2.24) is 4.98 Å². The van der Waals surface area contributed by atoms with Gasteiger partial charge in [-0.3, -0.25) is 4.79 Å². The van der Waals surface area contributed by atoms with Gasteiger partial charge >= 0.3 is 0 Å². The van der Waals surface area contributed by atoms with Crippen LogP contribution >= 0.6 is 15.9 Å². The number of pyridine rings is 1. The van der Waals surface area contributed by atoms with Gasteiger partial charge in [0.1, 0.15) is 0 Å². The fraction of sp³-hybridized carbons (Fsp3) is 0.286. The molecule has 0 saturated carbocycles. The van der Waals surface area contributed by atoms with E-state index in [2.05, 4.69) is 20.9 Å². The van der Waals surface area contributed by atoms with Gasteiger partial charge in [-0.25, -0.2) is 8.78 Å². The minimum Gasteiger partial charge on any atom is -0.325 e. The summed E-state index contributed by atoms with van der Waals surface area (Å²) < 4.78 is 24.7. The third kappa shape index (κ3) is 1.72. The molecule has 0 spiro atoms. The monoisotopic (exact) mass is 237 g/mol. The maximum Gasteiger partial charge on any atom is 0.265 e. The molecule has 0 radical (unpaired) electrons. The average Bonchev–Trinajstić information content (AvgIpc) is 1.96. The predicted molar refractivity (Wildman–Crippen MR) is 44.5 cm³/mol. The number of hydrogen-bond acceptors (Lipinski definition) is 1. The highest BCUT2D eigenvalue weighted by Gasteiger charge is 2.13. The van der Waals surface area contributed by atoms with Crippen molar-refractivity contribution in [3.63, 3.8) is 0 Å². The topological polar surface area (TPSA) is 32.9 Å². The molecule has 66 valence electrons. The Hall–Kier alpha value is -0.710. The molecule has 0 aliphatic rings. The number of alkyl halides is 2. The summed E-state index contributed by atoms with van der Waals surface area (Å²) in [5.41, 5.74) is -0.361. The van der Waals surface area contributed by atoms with Gasteiger partial charge in [0, 0.05) is 21.8 Å². The Labute approximate surface area is 75.7 Å². The number of nitrogens with one attached hydrogen (secondary N) is 1. The van der Waals surface area contributed by atoms with Gasteiger partial charge in [-0.2, -0.15) is 0 Å². The smallest absolute Gasteiger partial charge is 0.265 e. The lowest BCUT2D eigenvalue weighted by molar-refractivity contribution is 0.150. The van der Waals surface area contributed by atoms with Crippen molar-refractivity contribution in [3.05, 3.63) is 32.2 Å². The van der Waals surface area contributed by atoms with Crippen molar-refractivity contribution in [1.29, 1.82) is 0 Å². The molecular weight excluding hydrogens is 232 g/mol. The summed E-state index contributed by atoms with van der Waals surface area (Å²) in [5, 5.41) is 0. The van der Waals surface area contributed by atoms with Crippen LogP contribution in [0, 0.1) is 6.92 Å². The molecule has 0 aromatic carbocycles. The highest BCUT2D eigenvalue weighted by molar-refractivity contribution is 9.10. The average molecular weight is 238 g/mol. The highest BCUT2D eigenvalue weighted by Crippen LogP contribution is 2.26. The molecule has 1 N–H and O–H groups in total. The zero-order valence-corrected chi connectivity index (χ0v) is 7.78. The third-order valence-corrected chi connectivity index (χ3v) is 2.47. The van der Waals surface area contributed by atoms with E-state index in [1.807, 2.05) is 0 Å². The first-order valence-electron chi connectivity index (χ1n) is 3.20. The van der Waals surface area contributed by atoms with E-state index in [0.717, 1.165) is 6.07 Å². The first kappa shape index (κ1) is 9.38. The lowest BCUT2D eigenvalue weighted by atomic mass is 10.2. The number of hydrogen-bond donors (Lipinski definition) is 1. The number of halogens is 3. The van der Waals surface area contributed by atoms with Crippen LogP contribution in [0.5, 0.6) is 0 Å². The van der Waals surface area contributed by atoms with Gasteiger partial charge in [0.15, 0.2) is 0 Å². The summed E-state index contributed by atoms with van der Waals surface area (Å²) in [6.45, 7) is 1.55. The summed E-state index contributed by atoms with van der Waals surface area (Å²) in [4.78, 5) is 13.2. The Bertz CT molecular complexity index is 348. The van der Waals surface area contributed by atoms with E-state index in [-0.39, 0.29) is 10.0 Å². The molecule has 0 atom stereocenters. The lowest BCUT2D eigenvalue weighted by Crippen LogP contribution is -2.09. The minimum absolute atomic E-state index is 0.261. The van der Waals surface area contributed by atoms with Gasteiger partial charge in [0.2, 0.25) is 5.56 Å². The minimum atomic E-state index is -2.62. The predicted octanol–water partition coefficient (Wildman–Crippen LogP) is 2.38. The molecular formula is C7H6BrF2NO. The maximum atomic E-state index is 12.2. The first-order valence-corrected chi connectivity index (χ1v) is 3.99. The zero-order valence-electron chi connectivity index (χ0n) is 6.20. The van der Waals surface area contributed by atoms with E-state index in [9.17, 15) is 13.6 Å².